The molecule has 8 heteroatoms. The van der Waals surface area contributed by atoms with Crippen molar-refractivity contribution in [1.82, 2.24) is 4.90 Å². The summed E-state index contributed by atoms with van der Waals surface area (Å²) in [5, 5.41) is 10.7. The maximum Gasteiger partial charge on any atom is 0.290 e. The lowest BCUT2D eigenvalue weighted by atomic mass is 9.97. The van der Waals surface area contributed by atoms with E-state index in [0.717, 1.165) is 11.1 Å². The number of benzene rings is 2. The predicted molar refractivity (Wildman–Crippen MR) is 124 cm³/mol. The predicted octanol–water partition coefficient (Wildman–Crippen LogP) is 4.47. The van der Waals surface area contributed by atoms with E-state index >= 15 is 0 Å². The van der Waals surface area contributed by atoms with Crippen molar-refractivity contribution in [2.75, 3.05) is 27.4 Å². The van der Waals surface area contributed by atoms with E-state index in [0.29, 0.717) is 46.1 Å². The molecule has 1 N–H and O–H groups in total. The molecule has 0 saturated carbocycles. The first-order valence-corrected chi connectivity index (χ1v) is 11.0. The summed E-state index contributed by atoms with van der Waals surface area (Å²) >= 11 is 3.35. The summed E-state index contributed by atoms with van der Waals surface area (Å²) in [5.74, 6) is -0.101. The quantitative estimate of drug-likeness (QED) is 0.501. The third kappa shape index (κ3) is 3.57. The Bertz CT molecular complexity index is 1280. The molecule has 3 aromatic rings. The summed E-state index contributed by atoms with van der Waals surface area (Å²) in [4.78, 5) is 28.7. The van der Waals surface area contributed by atoms with Gasteiger partial charge in [-0.2, -0.15) is 0 Å². The zero-order valence-electron chi connectivity index (χ0n) is 18.3. The number of ether oxygens (including phenoxy) is 2. The number of amides is 1. The molecular weight excluding hydrogens is 478 g/mol. The number of hydrogen-bond donors (Lipinski definition) is 1. The number of carbonyl (C=O) groups is 1. The number of aromatic hydroxyl groups is 1. The van der Waals surface area contributed by atoms with E-state index in [1.807, 2.05) is 19.9 Å². The summed E-state index contributed by atoms with van der Waals surface area (Å²) < 4.78 is 16.9. The average molecular weight is 502 g/mol. The van der Waals surface area contributed by atoms with Gasteiger partial charge < -0.3 is 23.9 Å². The van der Waals surface area contributed by atoms with Crippen molar-refractivity contribution < 1.29 is 23.8 Å². The standard InChI is InChI=1S/C24H24BrNO6/c1-12-8-13(2)22-15(9-12)20(27)18-19(14-10-16(25)21(28)17(11-14)31-4)26(6-5-7-30-3)24(29)23(18)32-22/h8-11,19,28H,5-7H2,1-4H3/t19-/m1/s1. The molecule has 1 atom stereocenters. The monoisotopic (exact) mass is 501 g/mol. The molecule has 168 valence electrons. The molecule has 4 rings (SSSR count). The van der Waals surface area contributed by atoms with Crippen LogP contribution in [0.1, 0.15) is 45.3 Å². The zero-order chi connectivity index (χ0) is 23.2. The van der Waals surface area contributed by atoms with Crippen molar-refractivity contribution in [2.24, 2.45) is 0 Å². The molecular formula is C24H24BrNO6. The lowest BCUT2D eigenvalue weighted by Crippen LogP contribution is -2.31. The number of methoxy groups -OCH3 is 2. The van der Waals surface area contributed by atoms with E-state index in [9.17, 15) is 14.7 Å². The number of aryl methyl sites for hydroxylation is 2. The largest absolute Gasteiger partial charge is 0.503 e. The van der Waals surface area contributed by atoms with Crippen LogP contribution >= 0.6 is 15.9 Å². The van der Waals surface area contributed by atoms with Gasteiger partial charge >= 0.3 is 0 Å². The number of rotatable bonds is 6. The fourth-order valence-corrected chi connectivity index (χ4v) is 4.80. The fraction of sp³-hybridized carbons (Fsp3) is 0.333. The second kappa shape index (κ2) is 8.60. The normalized spacial score (nSPS) is 15.5. The highest BCUT2D eigenvalue weighted by atomic mass is 79.9. The number of phenols is 1. The maximum absolute atomic E-state index is 13.7. The Kier molecular flexibility index (Phi) is 6.01. The summed E-state index contributed by atoms with van der Waals surface area (Å²) in [6, 6.07) is 6.37. The van der Waals surface area contributed by atoms with E-state index in [1.165, 1.54) is 7.11 Å². The molecule has 1 aliphatic rings. The first kappa shape index (κ1) is 22.4. The summed E-state index contributed by atoms with van der Waals surface area (Å²) in [6.07, 6.45) is 0.592. The third-order valence-electron chi connectivity index (χ3n) is 5.73. The molecule has 2 heterocycles. The van der Waals surface area contributed by atoms with Crippen molar-refractivity contribution in [3.63, 3.8) is 0 Å². The van der Waals surface area contributed by atoms with Crippen LogP contribution in [0.25, 0.3) is 11.0 Å². The molecule has 1 amide bonds. The van der Waals surface area contributed by atoms with Crippen molar-refractivity contribution in [3.8, 4) is 11.5 Å². The van der Waals surface area contributed by atoms with Crippen LogP contribution in [0.15, 0.2) is 37.9 Å². The van der Waals surface area contributed by atoms with Gasteiger partial charge in [0.25, 0.3) is 5.91 Å². The Morgan fingerprint density at radius 1 is 1.16 bits per heavy atom. The van der Waals surface area contributed by atoms with Gasteiger partial charge in [0.15, 0.2) is 16.9 Å². The Labute approximate surface area is 193 Å². The number of carbonyl (C=O) groups excluding carboxylic acids is 1. The summed E-state index contributed by atoms with van der Waals surface area (Å²) in [7, 11) is 3.05. The number of fused-ring (bicyclic) bond motifs is 2. The van der Waals surface area contributed by atoms with Crippen LogP contribution in [-0.2, 0) is 4.74 Å². The van der Waals surface area contributed by atoms with Gasteiger partial charge in [0.05, 0.1) is 28.6 Å². The first-order valence-electron chi connectivity index (χ1n) is 10.2. The fourth-order valence-electron chi connectivity index (χ4n) is 4.34. The molecule has 0 radical (unpaired) electrons. The average Bonchev–Trinajstić information content (AvgIpc) is 3.03. The molecule has 0 saturated heterocycles. The molecule has 7 nitrogen and oxygen atoms in total. The summed E-state index contributed by atoms with van der Waals surface area (Å²) in [5.41, 5.74) is 2.86. The highest BCUT2D eigenvalue weighted by Crippen LogP contribution is 2.43. The lowest BCUT2D eigenvalue weighted by Gasteiger charge is -2.25. The highest BCUT2D eigenvalue weighted by molar-refractivity contribution is 9.10. The maximum atomic E-state index is 13.7. The van der Waals surface area contributed by atoms with Crippen LogP contribution in [0, 0.1) is 13.8 Å². The highest BCUT2D eigenvalue weighted by Gasteiger charge is 2.43. The topological polar surface area (TPSA) is 89.2 Å². The van der Waals surface area contributed by atoms with Crippen LogP contribution in [-0.4, -0.2) is 43.3 Å². The van der Waals surface area contributed by atoms with Gasteiger partial charge in [-0.3, -0.25) is 9.59 Å². The SMILES string of the molecule is COCCCN1C(=O)c2oc3c(C)cc(C)cc3c(=O)c2[C@H]1c1cc(Br)c(O)c(OC)c1. The lowest BCUT2D eigenvalue weighted by molar-refractivity contribution is 0.0707. The zero-order valence-corrected chi connectivity index (χ0v) is 19.9. The number of hydrogen-bond acceptors (Lipinski definition) is 6. The molecule has 32 heavy (non-hydrogen) atoms. The Morgan fingerprint density at radius 2 is 1.91 bits per heavy atom. The van der Waals surface area contributed by atoms with E-state index in [1.54, 1.807) is 30.2 Å². The molecule has 0 spiro atoms. The van der Waals surface area contributed by atoms with Gasteiger partial charge in [-0.05, 0) is 71.1 Å². The van der Waals surface area contributed by atoms with Gasteiger partial charge in [-0.15, -0.1) is 0 Å². The van der Waals surface area contributed by atoms with Gasteiger partial charge in [0.2, 0.25) is 5.76 Å². The van der Waals surface area contributed by atoms with Crippen molar-refractivity contribution in [2.45, 2.75) is 26.3 Å². The number of nitrogens with zero attached hydrogens (tertiary/aromatic N) is 1. The Hall–Kier alpha value is -2.84. The minimum absolute atomic E-state index is 0.0523. The Balaban J connectivity index is 1.99. The van der Waals surface area contributed by atoms with Crippen LogP contribution in [0.4, 0.5) is 0 Å². The van der Waals surface area contributed by atoms with Crippen LogP contribution in [0.3, 0.4) is 0 Å². The van der Waals surface area contributed by atoms with Crippen molar-refractivity contribution in [1.29, 1.82) is 0 Å². The molecule has 0 aliphatic carbocycles. The van der Waals surface area contributed by atoms with Gasteiger partial charge in [-0.25, -0.2) is 0 Å². The van der Waals surface area contributed by atoms with Crippen LogP contribution < -0.4 is 10.2 Å². The van der Waals surface area contributed by atoms with Gasteiger partial charge in [0, 0.05) is 20.3 Å². The minimum atomic E-state index is -0.679. The number of halogens is 1. The molecule has 1 aliphatic heterocycles. The van der Waals surface area contributed by atoms with Gasteiger partial charge in [0.1, 0.15) is 5.58 Å². The smallest absolute Gasteiger partial charge is 0.290 e. The second-order valence-electron chi connectivity index (χ2n) is 7.93. The summed E-state index contributed by atoms with van der Waals surface area (Å²) in [6.45, 7) is 4.62. The first-order chi connectivity index (χ1) is 15.3. The van der Waals surface area contributed by atoms with Gasteiger partial charge in [-0.1, -0.05) is 6.07 Å². The molecule has 2 aromatic carbocycles. The molecule has 1 aromatic heterocycles. The second-order valence-corrected chi connectivity index (χ2v) is 8.79. The molecule has 0 bridgehead atoms. The van der Waals surface area contributed by atoms with Crippen molar-refractivity contribution >= 4 is 32.8 Å². The molecule has 0 unspecified atom stereocenters. The van der Waals surface area contributed by atoms with E-state index in [2.05, 4.69) is 15.9 Å². The molecule has 0 fully saturated rings. The minimum Gasteiger partial charge on any atom is -0.503 e. The third-order valence-corrected chi connectivity index (χ3v) is 6.34. The van der Waals surface area contributed by atoms with E-state index in [4.69, 9.17) is 13.9 Å². The van der Waals surface area contributed by atoms with Crippen molar-refractivity contribution in [3.05, 3.63) is 67.0 Å². The number of phenolic OH excluding ortho intramolecular Hbond substituents is 1. The van der Waals surface area contributed by atoms with Crippen LogP contribution in [0.2, 0.25) is 0 Å². The Morgan fingerprint density at radius 3 is 2.59 bits per heavy atom. The van der Waals surface area contributed by atoms with Crippen LogP contribution in [0.5, 0.6) is 11.5 Å². The van der Waals surface area contributed by atoms with E-state index in [-0.39, 0.29) is 28.6 Å². The van der Waals surface area contributed by atoms with E-state index < -0.39 is 6.04 Å².